The lowest BCUT2D eigenvalue weighted by molar-refractivity contribution is 0.0864. The van der Waals surface area contributed by atoms with E-state index in [4.69, 9.17) is 9.72 Å². The van der Waals surface area contributed by atoms with Gasteiger partial charge in [-0.2, -0.15) is 0 Å². The number of halogens is 2. The average molecular weight is 592 g/mol. The van der Waals surface area contributed by atoms with Crippen molar-refractivity contribution in [3.05, 3.63) is 131 Å². The zero-order valence-electron chi connectivity index (χ0n) is 23.5. The second-order valence-electron chi connectivity index (χ2n) is 10.7. The molecule has 0 atom stereocenters. The number of hydrogen-bond donors (Lipinski definition) is 1. The van der Waals surface area contributed by atoms with Gasteiger partial charge in [-0.25, -0.2) is 18.6 Å². The number of fused-ring (bicyclic) bond motifs is 4. The molecule has 1 aliphatic rings. The molecular weight excluding hydrogens is 564 g/mol. The summed E-state index contributed by atoms with van der Waals surface area (Å²) in [5, 5.41) is 3.53. The number of carbonyl (C=O) groups excluding carboxylic acids is 2. The number of hydrogen-bond acceptors (Lipinski definition) is 4. The molecule has 0 saturated carbocycles. The van der Waals surface area contributed by atoms with E-state index >= 15 is 0 Å². The number of imidazole rings is 1. The molecular formula is C34H27F2N5O3. The second-order valence-corrected chi connectivity index (χ2v) is 10.7. The maximum Gasteiger partial charge on any atom is 0.410 e. The SMILES string of the molecule is O=C(Nc1ccc2nc3n(c2c1)CCN(C(=O)OCc1ccccc1)C3)c1cc2cc(F)ccc2n1Cc1cccc(F)c1. The molecule has 4 aromatic carbocycles. The smallest absolute Gasteiger partial charge is 0.410 e. The summed E-state index contributed by atoms with van der Waals surface area (Å²) >= 11 is 0. The quantitative estimate of drug-likeness (QED) is 0.233. The van der Waals surface area contributed by atoms with Crippen LogP contribution < -0.4 is 5.32 Å². The first-order chi connectivity index (χ1) is 21.4. The van der Waals surface area contributed by atoms with E-state index in [-0.39, 0.29) is 24.9 Å². The Labute approximate surface area is 251 Å². The molecule has 1 N–H and O–H groups in total. The molecule has 0 radical (unpaired) electrons. The molecule has 8 nitrogen and oxygen atoms in total. The van der Waals surface area contributed by atoms with Crippen LogP contribution in [-0.4, -0.2) is 37.6 Å². The molecule has 0 aliphatic carbocycles. The maximum atomic E-state index is 14.0. The number of ether oxygens (including phenoxy) is 1. The van der Waals surface area contributed by atoms with Crippen LogP contribution in [0.5, 0.6) is 0 Å². The van der Waals surface area contributed by atoms with E-state index in [2.05, 4.69) is 5.32 Å². The van der Waals surface area contributed by atoms with Crippen molar-refractivity contribution >= 4 is 39.6 Å². The van der Waals surface area contributed by atoms with Crippen molar-refractivity contribution < 1.29 is 23.1 Å². The highest BCUT2D eigenvalue weighted by atomic mass is 19.1. The summed E-state index contributed by atoms with van der Waals surface area (Å²) in [6, 6.07) is 27.1. The van der Waals surface area contributed by atoms with E-state index in [0.29, 0.717) is 47.5 Å². The molecule has 0 bridgehead atoms. The lowest BCUT2D eigenvalue weighted by atomic mass is 10.2. The van der Waals surface area contributed by atoms with Gasteiger partial charge in [0.1, 0.15) is 29.8 Å². The summed E-state index contributed by atoms with van der Waals surface area (Å²) in [6.07, 6.45) is -0.395. The van der Waals surface area contributed by atoms with Gasteiger partial charge in [-0.3, -0.25) is 9.69 Å². The van der Waals surface area contributed by atoms with Gasteiger partial charge >= 0.3 is 6.09 Å². The average Bonchev–Trinajstić information content (AvgIpc) is 3.57. The molecule has 0 unspecified atom stereocenters. The highest BCUT2D eigenvalue weighted by Gasteiger charge is 2.25. The Kier molecular flexibility index (Phi) is 7.01. The maximum absolute atomic E-state index is 14.0. The van der Waals surface area contributed by atoms with Crippen LogP contribution in [0.4, 0.5) is 19.3 Å². The number of nitrogens with zero attached hydrogens (tertiary/aromatic N) is 4. The third-order valence-electron chi connectivity index (χ3n) is 7.80. The zero-order chi connectivity index (χ0) is 30.2. The van der Waals surface area contributed by atoms with Crippen LogP contribution >= 0.6 is 0 Å². The van der Waals surface area contributed by atoms with Crippen LogP contribution in [0.1, 0.15) is 27.4 Å². The van der Waals surface area contributed by atoms with E-state index in [9.17, 15) is 18.4 Å². The highest BCUT2D eigenvalue weighted by molar-refractivity contribution is 6.07. The van der Waals surface area contributed by atoms with Gasteiger partial charge in [0.05, 0.1) is 17.6 Å². The van der Waals surface area contributed by atoms with E-state index in [0.717, 1.165) is 22.4 Å². The third-order valence-corrected chi connectivity index (χ3v) is 7.80. The Morgan fingerprint density at radius 1 is 0.818 bits per heavy atom. The molecule has 44 heavy (non-hydrogen) atoms. The Balaban J connectivity index is 1.11. The van der Waals surface area contributed by atoms with Gasteiger partial charge in [0.25, 0.3) is 5.91 Å². The van der Waals surface area contributed by atoms with Crippen LogP contribution in [0.25, 0.3) is 21.9 Å². The van der Waals surface area contributed by atoms with Crippen LogP contribution in [0, 0.1) is 11.6 Å². The fourth-order valence-corrected chi connectivity index (χ4v) is 5.67. The minimum absolute atomic E-state index is 0.200. The van der Waals surface area contributed by atoms with Gasteiger partial charge < -0.3 is 19.2 Å². The lowest BCUT2D eigenvalue weighted by Gasteiger charge is -2.27. The van der Waals surface area contributed by atoms with E-state index in [1.165, 1.54) is 24.3 Å². The van der Waals surface area contributed by atoms with Crippen molar-refractivity contribution in [1.29, 1.82) is 0 Å². The van der Waals surface area contributed by atoms with Gasteiger partial charge in [-0.05, 0) is 65.7 Å². The van der Waals surface area contributed by atoms with Crippen molar-refractivity contribution in [3.8, 4) is 0 Å². The minimum atomic E-state index is -0.411. The van der Waals surface area contributed by atoms with Gasteiger partial charge in [0, 0.05) is 36.2 Å². The van der Waals surface area contributed by atoms with Crippen molar-refractivity contribution in [2.24, 2.45) is 0 Å². The summed E-state index contributed by atoms with van der Waals surface area (Å²) in [4.78, 5) is 32.7. The Morgan fingerprint density at radius 3 is 2.48 bits per heavy atom. The largest absolute Gasteiger partial charge is 0.445 e. The first kappa shape index (κ1) is 27.3. The fraction of sp³-hybridized carbons (Fsp3) is 0.147. The van der Waals surface area contributed by atoms with Crippen LogP contribution in [0.15, 0.2) is 97.1 Å². The van der Waals surface area contributed by atoms with Gasteiger partial charge in [0.2, 0.25) is 0 Å². The molecule has 0 fully saturated rings. The number of benzene rings is 4. The van der Waals surface area contributed by atoms with Crippen LogP contribution in [0.3, 0.4) is 0 Å². The van der Waals surface area contributed by atoms with Crippen molar-refractivity contribution in [1.82, 2.24) is 19.0 Å². The molecule has 10 heteroatoms. The minimum Gasteiger partial charge on any atom is -0.445 e. The van der Waals surface area contributed by atoms with Gasteiger partial charge in [-0.1, -0.05) is 42.5 Å². The number of rotatable bonds is 6. The standard InChI is InChI=1S/C34H27F2N5O3/c35-25-8-4-7-23(15-25)19-41-29-12-9-26(36)16-24(29)17-31(41)33(42)37-27-10-11-28-30(18-27)40-14-13-39(20-32(40)38-28)34(43)44-21-22-5-2-1-3-6-22/h1-12,15-18H,13-14,19-21H2,(H,37,42). The molecule has 2 aromatic heterocycles. The van der Waals surface area contributed by atoms with Gasteiger partial charge in [-0.15, -0.1) is 0 Å². The summed E-state index contributed by atoms with van der Waals surface area (Å²) in [5.41, 5.74) is 4.70. The summed E-state index contributed by atoms with van der Waals surface area (Å²) in [5.74, 6) is -0.446. The van der Waals surface area contributed by atoms with Crippen molar-refractivity contribution in [2.75, 3.05) is 11.9 Å². The van der Waals surface area contributed by atoms with Crippen molar-refractivity contribution in [3.63, 3.8) is 0 Å². The molecule has 7 rings (SSSR count). The Morgan fingerprint density at radius 2 is 1.64 bits per heavy atom. The first-order valence-corrected chi connectivity index (χ1v) is 14.2. The molecule has 3 heterocycles. The number of anilines is 1. The molecule has 220 valence electrons. The predicted octanol–water partition coefficient (Wildman–Crippen LogP) is 6.72. The van der Waals surface area contributed by atoms with E-state index in [1.54, 1.807) is 39.8 Å². The lowest BCUT2D eigenvalue weighted by Crippen LogP contribution is -2.38. The number of aromatic nitrogens is 3. The molecule has 2 amide bonds. The molecule has 0 saturated heterocycles. The topological polar surface area (TPSA) is 81.4 Å². The summed E-state index contributed by atoms with van der Waals surface area (Å²) < 4.78 is 37.3. The van der Waals surface area contributed by atoms with E-state index < -0.39 is 11.9 Å². The van der Waals surface area contributed by atoms with E-state index in [1.807, 2.05) is 47.0 Å². The highest BCUT2D eigenvalue weighted by Crippen LogP contribution is 2.27. The Bertz CT molecular complexity index is 2040. The van der Waals surface area contributed by atoms with Crippen LogP contribution in [-0.2, 0) is 31.0 Å². The molecule has 6 aromatic rings. The number of amides is 2. The molecule has 0 spiro atoms. The summed E-state index contributed by atoms with van der Waals surface area (Å²) in [6.45, 7) is 1.72. The molecule has 1 aliphatic heterocycles. The third kappa shape index (κ3) is 5.37. The second kappa shape index (κ2) is 11.3. The first-order valence-electron chi connectivity index (χ1n) is 14.2. The summed E-state index contributed by atoms with van der Waals surface area (Å²) in [7, 11) is 0. The normalized spacial score (nSPS) is 12.8. The van der Waals surface area contributed by atoms with Crippen molar-refractivity contribution in [2.45, 2.75) is 26.2 Å². The zero-order valence-corrected chi connectivity index (χ0v) is 23.5. The van der Waals surface area contributed by atoms with Gasteiger partial charge in [0.15, 0.2) is 0 Å². The number of nitrogens with one attached hydrogen (secondary N) is 1. The Hall–Kier alpha value is -5.51. The predicted molar refractivity (Wildman–Crippen MR) is 162 cm³/mol. The van der Waals surface area contributed by atoms with Crippen LogP contribution in [0.2, 0.25) is 0 Å². The fourth-order valence-electron chi connectivity index (χ4n) is 5.67. The number of carbonyl (C=O) groups is 2. The monoisotopic (exact) mass is 591 g/mol.